The zero-order valence-corrected chi connectivity index (χ0v) is 15.4. The molecule has 2 aromatic rings. The van der Waals surface area contributed by atoms with Crippen LogP contribution in [0.2, 0.25) is 5.02 Å². The van der Waals surface area contributed by atoms with Crippen LogP contribution in [0.4, 0.5) is 0 Å². The van der Waals surface area contributed by atoms with Crippen molar-refractivity contribution >= 4 is 23.4 Å². The molecule has 0 aromatic heterocycles. The van der Waals surface area contributed by atoms with Crippen LogP contribution in [-0.2, 0) is 4.79 Å². The number of hydrogen-bond acceptors (Lipinski definition) is 2. The van der Waals surface area contributed by atoms with Gasteiger partial charge in [0.15, 0.2) is 0 Å². The number of fused-ring (bicyclic) bond motifs is 1. The highest BCUT2D eigenvalue weighted by Crippen LogP contribution is 2.44. The molecule has 0 radical (unpaired) electrons. The number of nitrogens with one attached hydrogen (secondary N) is 1. The third-order valence-corrected chi connectivity index (χ3v) is 5.70. The van der Waals surface area contributed by atoms with E-state index < -0.39 is 0 Å². The first kappa shape index (κ1) is 17.1. The Kier molecular flexibility index (Phi) is 4.45. The first-order valence-corrected chi connectivity index (χ1v) is 9.38. The lowest BCUT2D eigenvalue weighted by molar-refractivity contribution is -0.132. The summed E-state index contributed by atoms with van der Waals surface area (Å²) < 4.78 is 0. The predicted octanol–water partition coefficient (Wildman–Crippen LogP) is 4.12. The summed E-state index contributed by atoms with van der Waals surface area (Å²) in [5.41, 5.74) is 2.79. The fourth-order valence-corrected chi connectivity index (χ4v) is 4.26. The quantitative estimate of drug-likeness (QED) is 0.885. The van der Waals surface area contributed by atoms with Crippen molar-refractivity contribution in [2.75, 3.05) is 6.54 Å². The van der Waals surface area contributed by atoms with Crippen LogP contribution in [0.5, 0.6) is 0 Å². The highest BCUT2D eigenvalue weighted by atomic mass is 35.5. The average Bonchev–Trinajstić information content (AvgIpc) is 3.16. The summed E-state index contributed by atoms with van der Waals surface area (Å²) in [6.45, 7) is 2.77. The Balaban J connectivity index is 1.58. The second-order valence-electron chi connectivity index (χ2n) is 7.14. The first-order chi connectivity index (χ1) is 12.5. The summed E-state index contributed by atoms with van der Waals surface area (Å²) in [6.07, 6.45) is 1.61. The summed E-state index contributed by atoms with van der Waals surface area (Å²) >= 11 is 6.00. The molecule has 1 heterocycles. The van der Waals surface area contributed by atoms with Gasteiger partial charge >= 0.3 is 0 Å². The van der Waals surface area contributed by atoms with E-state index in [2.05, 4.69) is 11.4 Å². The highest BCUT2D eigenvalue weighted by molar-refractivity contribution is 6.30. The monoisotopic (exact) mass is 368 g/mol. The van der Waals surface area contributed by atoms with Crippen molar-refractivity contribution < 1.29 is 9.59 Å². The second kappa shape index (κ2) is 6.76. The number of carbonyl (C=O) groups excluding carboxylic acids is 2. The largest absolute Gasteiger partial charge is 0.345 e. The topological polar surface area (TPSA) is 49.4 Å². The van der Waals surface area contributed by atoms with Crippen LogP contribution in [0.25, 0.3) is 0 Å². The molecule has 134 valence electrons. The van der Waals surface area contributed by atoms with Gasteiger partial charge in [0.25, 0.3) is 5.91 Å². The molecule has 26 heavy (non-hydrogen) atoms. The van der Waals surface area contributed by atoms with E-state index in [1.165, 1.54) is 0 Å². The van der Waals surface area contributed by atoms with Gasteiger partial charge in [0.2, 0.25) is 5.91 Å². The third kappa shape index (κ3) is 2.99. The molecule has 3 atom stereocenters. The van der Waals surface area contributed by atoms with Crippen LogP contribution in [0.1, 0.15) is 53.3 Å². The number of hydrogen-bond donors (Lipinski definition) is 1. The van der Waals surface area contributed by atoms with Gasteiger partial charge < -0.3 is 10.2 Å². The fraction of sp³-hybridized carbons (Fsp3) is 0.333. The van der Waals surface area contributed by atoms with Gasteiger partial charge in [0, 0.05) is 23.0 Å². The van der Waals surface area contributed by atoms with E-state index in [4.69, 9.17) is 11.6 Å². The van der Waals surface area contributed by atoms with Gasteiger partial charge in [-0.2, -0.15) is 0 Å². The SMILES string of the molecule is CC1CCN(C2CC(NC(=O)c3cccc(Cl)c3)c3ccccc32)C1=O. The highest BCUT2D eigenvalue weighted by Gasteiger charge is 2.40. The Bertz CT molecular complexity index is 867. The number of benzene rings is 2. The van der Waals surface area contributed by atoms with E-state index in [0.29, 0.717) is 17.0 Å². The Morgan fingerprint density at radius 3 is 2.62 bits per heavy atom. The summed E-state index contributed by atoms with van der Waals surface area (Å²) in [4.78, 5) is 27.2. The van der Waals surface area contributed by atoms with E-state index in [0.717, 1.165) is 24.1 Å². The van der Waals surface area contributed by atoms with Crippen molar-refractivity contribution in [2.45, 2.75) is 31.8 Å². The van der Waals surface area contributed by atoms with Crippen molar-refractivity contribution in [3.63, 3.8) is 0 Å². The van der Waals surface area contributed by atoms with Gasteiger partial charge in [-0.3, -0.25) is 9.59 Å². The Morgan fingerprint density at radius 2 is 1.92 bits per heavy atom. The molecule has 1 saturated heterocycles. The van der Waals surface area contributed by atoms with Crippen molar-refractivity contribution in [3.05, 3.63) is 70.2 Å². The molecule has 4 nitrogen and oxygen atoms in total. The van der Waals surface area contributed by atoms with Gasteiger partial charge in [-0.15, -0.1) is 0 Å². The number of carbonyl (C=O) groups is 2. The Hall–Kier alpha value is -2.33. The Labute approximate surface area is 158 Å². The minimum atomic E-state index is -0.144. The molecule has 0 saturated carbocycles. The summed E-state index contributed by atoms with van der Waals surface area (Å²) in [6, 6.07) is 15.0. The standard InChI is InChI=1S/C21H21ClN2O2/c1-13-9-10-24(21(13)26)19-12-18(16-7-2-3-8-17(16)19)23-20(25)14-5-4-6-15(22)11-14/h2-8,11,13,18-19H,9-10,12H2,1H3,(H,23,25). The van der Waals surface area contributed by atoms with Gasteiger partial charge in [-0.25, -0.2) is 0 Å². The summed E-state index contributed by atoms with van der Waals surface area (Å²) in [7, 11) is 0. The van der Waals surface area contributed by atoms with E-state index in [-0.39, 0.29) is 29.8 Å². The molecule has 2 aromatic carbocycles. The van der Waals surface area contributed by atoms with E-state index in [1.54, 1.807) is 24.3 Å². The normalized spacial score (nSPS) is 24.6. The number of nitrogens with zero attached hydrogens (tertiary/aromatic N) is 1. The predicted molar refractivity (Wildman–Crippen MR) is 101 cm³/mol. The van der Waals surface area contributed by atoms with Crippen LogP contribution in [0.15, 0.2) is 48.5 Å². The first-order valence-electron chi connectivity index (χ1n) is 9.00. The Morgan fingerprint density at radius 1 is 1.15 bits per heavy atom. The lowest BCUT2D eigenvalue weighted by atomic mass is 10.1. The number of rotatable bonds is 3. The maximum absolute atomic E-state index is 12.7. The molecule has 1 fully saturated rings. The minimum Gasteiger partial charge on any atom is -0.345 e. The van der Waals surface area contributed by atoms with E-state index in [9.17, 15) is 9.59 Å². The molecule has 3 unspecified atom stereocenters. The van der Waals surface area contributed by atoms with Crippen molar-refractivity contribution in [3.8, 4) is 0 Å². The molecule has 0 spiro atoms. The van der Waals surface area contributed by atoms with Crippen LogP contribution < -0.4 is 5.32 Å². The molecule has 4 rings (SSSR count). The fourth-order valence-electron chi connectivity index (χ4n) is 4.07. The second-order valence-corrected chi connectivity index (χ2v) is 7.57. The molecule has 2 aliphatic rings. The van der Waals surface area contributed by atoms with Gasteiger partial charge in [0.1, 0.15) is 0 Å². The number of halogens is 1. The molecular weight excluding hydrogens is 348 g/mol. The molecule has 2 amide bonds. The van der Waals surface area contributed by atoms with E-state index in [1.807, 2.05) is 30.0 Å². The summed E-state index contributed by atoms with van der Waals surface area (Å²) in [5.74, 6) is 0.156. The zero-order valence-electron chi connectivity index (χ0n) is 14.6. The van der Waals surface area contributed by atoms with Gasteiger partial charge in [0.05, 0.1) is 12.1 Å². The maximum atomic E-state index is 12.7. The lowest BCUT2D eigenvalue weighted by Crippen LogP contribution is -2.32. The zero-order chi connectivity index (χ0) is 18.3. The minimum absolute atomic E-state index is 0.0355. The van der Waals surface area contributed by atoms with Crippen LogP contribution in [0.3, 0.4) is 0 Å². The van der Waals surface area contributed by atoms with Crippen LogP contribution >= 0.6 is 11.6 Å². The number of likely N-dealkylation sites (tertiary alicyclic amines) is 1. The molecule has 0 bridgehead atoms. The van der Waals surface area contributed by atoms with Crippen molar-refractivity contribution in [1.82, 2.24) is 10.2 Å². The van der Waals surface area contributed by atoms with E-state index >= 15 is 0 Å². The smallest absolute Gasteiger partial charge is 0.251 e. The summed E-state index contributed by atoms with van der Waals surface area (Å²) in [5, 5.41) is 3.66. The number of amides is 2. The lowest BCUT2D eigenvalue weighted by Gasteiger charge is -2.25. The van der Waals surface area contributed by atoms with Crippen molar-refractivity contribution in [1.29, 1.82) is 0 Å². The molecule has 1 aliphatic carbocycles. The molecular formula is C21H21ClN2O2. The molecule has 5 heteroatoms. The van der Waals surface area contributed by atoms with Gasteiger partial charge in [-0.05, 0) is 42.2 Å². The van der Waals surface area contributed by atoms with Crippen LogP contribution in [0, 0.1) is 5.92 Å². The molecule has 1 aliphatic heterocycles. The van der Waals surface area contributed by atoms with Gasteiger partial charge in [-0.1, -0.05) is 48.9 Å². The average molecular weight is 369 g/mol. The molecule has 1 N–H and O–H groups in total. The third-order valence-electron chi connectivity index (χ3n) is 5.47. The van der Waals surface area contributed by atoms with Crippen molar-refractivity contribution in [2.24, 2.45) is 5.92 Å². The van der Waals surface area contributed by atoms with Crippen LogP contribution in [-0.4, -0.2) is 23.3 Å². The maximum Gasteiger partial charge on any atom is 0.251 e.